The van der Waals surface area contributed by atoms with Gasteiger partial charge in [-0.15, -0.1) is 0 Å². The molecule has 0 fully saturated rings. The quantitative estimate of drug-likeness (QED) is 0.761. The minimum absolute atomic E-state index is 0.269. The molecule has 2 aromatic rings. The third-order valence-corrected chi connectivity index (χ3v) is 3.54. The van der Waals surface area contributed by atoms with Gasteiger partial charge in [-0.25, -0.2) is 4.39 Å². The molecule has 0 saturated carbocycles. The Morgan fingerprint density at radius 2 is 1.90 bits per heavy atom. The molecule has 0 radical (unpaired) electrons. The first-order chi connectivity index (χ1) is 9.54. The summed E-state index contributed by atoms with van der Waals surface area (Å²) in [6.45, 7) is 0.310. The van der Waals surface area contributed by atoms with Gasteiger partial charge < -0.3 is 10.6 Å². The van der Waals surface area contributed by atoms with Crippen LogP contribution in [-0.4, -0.2) is 5.11 Å². The molecule has 2 aromatic carbocycles. The van der Waals surface area contributed by atoms with Gasteiger partial charge in [0.05, 0.1) is 0 Å². The summed E-state index contributed by atoms with van der Waals surface area (Å²) in [5.41, 5.74) is 1.36. The minimum atomic E-state index is -0.269. The lowest BCUT2D eigenvalue weighted by molar-refractivity contribution is 0.606. The number of halogens is 3. The lowest BCUT2D eigenvalue weighted by Crippen LogP contribution is -2.28. The Labute approximate surface area is 135 Å². The maximum atomic E-state index is 13.6. The summed E-state index contributed by atoms with van der Waals surface area (Å²) in [4.78, 5) is 0. The number of hydrogen-bond donors (Lipinski definition) is 2. The molecule has 0 atom stereocenters. The molecule has 0 amide bonds. The van der Waals surface area contributed by atoms with Crippen molar-refractivity contribution in [2.24, 2.45) is 0 Å². The monoisotopic (exact) mass is 372 g/mol. The second-order valence-electron chi connectivity index (χ2n) is 4.05. The van der Waals surface area contributed by atoms with Crippen LogP contribution in [0.2, 0.25) is 5.02 Å². The highest BCUT2D eigenvalue weighted by Crippen LogP contribution is 2.16. The van der Waals surface area contributed by atoms with Crippen molar-refractivity contribution in [2.45, 2.75) is 6.54 Å². The highest BCUT2D eigenvalue weighted by molar-refractivity contribution is 9.10. The summed E-state index contributed by atoms with van der Waals surface area (Å²) in [5.74, 6) is -0.269. The number of anilines is 1. The number of nitrogens with one attached hydrogen (secondary N) is 2. The molecule has 2 N–H and O–H groups in total. The van der Waals surface area contributed by atoms with Crippen molar-refractivity contribution in [3.05, 3.63) is 63.3 Å². The molecule has 2 nitrogen and oxygen atoms in total. The Morgan fingerprint density at radius 3 is 2.60 bits per heavy atom. The zero-order valence-electron chi connectivity index (χ0n) is 10.3. The Morgan fingerprint density at radius 1 is 1.20 bits per heavy atom. The van der Waals surface area contributed by atoms with E-state index in [0.29, 0.717) is 22.2 Å². The van der Waals surface area contributed by atoms with Gasteiger partial charge in [-0.3, -0.25) is 0 Å². The number of rotatable bonds is 3. The zero-order chi connectivity index (χ0) is 14.5. The largest absolute Gasteiger partial charge is 0.358 e. The molecule has 20 heavy (non-hydrogen) atoms. The summed E-state index contributed by atoms with van der Waals surface area (Å²) in [6.07, 6.45) is 0. The number of hydrogen-bond acceptors (Lipinski definition) is 1. The van der Waals surface area contributed by atoms with E-state index >= 15 is 0 Å². The van der Waals surface area contributed by atoms with Gasteiger partial charge in [0.2, 0.25) is 0 Å². The Bertz CT molecular complexity index is 619. The van der Waals surface area contributed by atoms with Crippen molar-refractivity contribution in [1.82, 2.24) is 5.32 Å². The molecule has 0 heterocycles. The first-order valence-corrected chi connectivity index (χ1v) is 7.37. The second kappa shape index (κ2) is 7.02. The van der Waals surface area contributed by atoms with Gasteiger partial charge in [0.15, 0.2) is 5.11 Å². The van der Waals surface area contributed by atoms with E-state index in [4.69, 9.17) is 23.8 Å². The van der Waals surface area contributed by atoms with E-state index in [1.54, 1.807) is 24.3 Å². The first kappa shape index (κ1) is 15.2. The highest BCUT2D eigenvalue weighted by Gasteiger charge is 2.04. The second-order valence-corrected chi connectivity index (χ2v) is 5.81. The van der Waals surface area contributed by atoms with E-state index in [1.807, 2.05) is 12.1 Å². The summed E-state index contributed by atoms with van der Waals surface area (Å²) in [6, 6.07) is 11.9. The smallest absolute Gasteiger partial charge is 0.171 e. The van der Waals surface area contributed by atoms with Crippen LogP contribution in [0, 0.1) is 5.82 Å². The van der Waals surface area contributed by atoms with E-state index in [1.165, 1.54) is 6.07 Å². The zero-order valence-corrected chi connectivity index (χ0v) is 13.4. The van der Waals surface area contributed by atoms with Crippen LogP contribution in [0.1, 0.15) is 5.56 Å². The standard InChI is InChI=1S/C14H11BrClFN2S/c15-10-1-6-13(17)9(7-10)8-18-14(20)19-12-4-2-11(16)3-5-12/h1-7H,8H2,(H2,18,19,20). The van der Waals surface area contributed by atoms with Crippen molar-refractivity contribution in [3.8, 4) is 0 Å². The van der Waals surface area contributed by atoms with Crippen LogP contribution in [0.4, 0.5) is 10.1 Å². The average Bonchev–Trinajstić information content (AvgIpc) is 2.42. The van der Waals surface area contributed by atoms with Gasteiger partial charge in [0.25, 0.3) is 0 Å². The predicted octanol–water partition coefficient (Wildman–Crippen LogP) is 4.73. The molecule has 0 spiro atoms. The molecule has 0 aliphatic heterocycles. The molecule has 0 unspecified atom stereocenters. The average molecular weight is 374 g/mol. The van der Waals surface area contributed by atoms with Gasteiger partial charge in [0.1, 0.15) is 5.82 Å². The van der Waals surface area contributed by atoms with Crippen LogP contribution >= 0.6 is 39.7 Å². The predicted molar refractivity (Wildman–Crippen MR) is 88.6 cm³/mol. The highest BCUT2D eigenvalue weighted by atomic mass is 79.9. The number of thiocarbonyl (C=S) groups is 1. The third-order valence-electron chi connectivity index (χ3n) is 2.55. The van der Waals surface area contributed by atoms with E-state index in [9.17, 15) is 4.39 Å². The summed E-state index contributed by atoms with van der Waals surface area (Å²) in [5, 5.41) is 7.04. The Balaban J connectivity index is 1.92. The van der Waals surface area contributed by atoms with E-state index in [-0.39, 0.29) is 5.82 Å². The van der Waals surface area contributed by atoms with Crippen LogP contribution in [0.5, 0.6) is 0 Å². The van der Waals surface area contributed by atoms with Crippen LogP contribution < -0.4 is 10.6 Å². The van der Waals surface area contributed by atoms with Gasteiger partial charge in [-0.1, -0.05) is 27.5 Å². The summed E-state index contributed by atoms with van der Waals surface area (Å²) >= 11 is 14.3. The van der Waals surface area contributed by atoms with Gasteiger partial charge in [-0.05, 0) is 54.7 Å². The molecule has 0 saturated heterocycles. The molecular weight excluding hydrogens is 363 g/mol. The van der Waals surface area contributed by atoms with Crippen molar-refractivity contribution >= 4 is 50.5 Å². The van der Waals surface area contributed by atoms with Crippen molar-refractivity contribution in [2.75, 3.05) is 5.32 Å². The van der Waals surface area contributed by atoms with Gasteiger partial charge in [0, 0.05) is 27.3 Å². The van der Waals surface area contributed by atoms with E-state index in [0.717, 1.165) is 10.2 Å². The van der Waals surface area contributed by atoms with Crippen LogP contribution in [0.25, 0.3) is 0 Å². The Hall–Kier alpha value is -1.17. The molecule has 6 heteroatoms. The summed E-state index contributed by atoms with van der Waals surface area (Å²) in [7, 11) is 0. The Kier molecular flexibility index (Phi) is 5.34. The van der Waals surface area contributed by atoms with Gasteiger partial charge in [-0.2, -0.15) is 0 Å². The fraction of sp³-hybridized carbons (Fsp3) is 0.0714. The lowest BCUT2D eigenvalue weighted by Gasteiger charge is -2.11. The molecular formula is C14H11BrClFN2S. The third kappa shape index (κ3) is 4.44. The molecule has 0 aromatic heterocycles. The van der Waals surface area contributed by atoms with Crippen LogP contribution in [0.3, 0.4) is 0 Å². The molecule has 2 rings (SSSR count). The molecule has 104 valence electrons. The fourth-order valence-corrected chi connectivity index (χ4v) is 2.29. The SMILES string of the molecule is Fc1ccc(Br)cc1CNC(=S)Nc1ccc(Cl)cc1. The van der Waals surface area contributed by atoms with Crippen molar-refractivity contribution in [1.29, 1.82) is 0 Å². The number of benzene rings is 2. The molecule has 0 bridgehead atoms. The maximum Gasteiger partial charge on any atom is 0.171 e. The lowest BCUT2D eigenvalue weighted by atomic mass is 10.2. The maximum absolute atomic E-state index is 13.6. The molecule has 0 aliphatic carbocycles. The molecule has 0 aliphatic rings. The normalized spacial score (nSPS) is 10.2. The van der Waals surface area contributed by atoms with Crippen molar-refractivity contribution < 1.29 is 4.39 Å². The van der Waals surface area contributed by atoms with Gasteiger partial charge >= 0.3 is 0 Å². The van der Waals surface area contributed by atoms with Crippen LogP contribution in [0.15, 0.2) is 46.9 Å². The topological polar surface area (TPSA) is 24.1 Å². The fourth-order valence-electron chi connectivity index (χ4n) is 1.56. The van der Waals surface area contributed by atoms with Crippen molar-refractivity contribution in [3.63, 3.8) is 0 Å². The van der Waals surface area contributed by atoms with E-state index in [2.05, 4.69) is 26.6 Å². The first-order valence-electron chi connectivity index (χ1n) is 5.79. The van der Waals surface area contributed by atoms with Crippen LogP contribution in [-0.2, 0) is 6.54 Å². The van der Waals surface area contributed by atoms with E-state index < -0.39 is 0 Å². The minimum Gasteiger partial charge on any atom is -0.358 e. The summed E-state index contributed by atoms with van der Waals surface area (Å²) < 4.78 is 14.4.